The van der Waals surface area contributed by atoms with Crippen molar-refractivity contribution in [3.05, 3.63) is 47.1 Å². The minimum Gasteiger partial charge on any atom is -0.364 e. The third-order valence-electron chi connectivity index (χ3n) is 2.63. The van der Waals surface area contributed by atoms with Crippen LogP contribution >= 0.6 is 0 Å². The summed E-state index contributed by atoms with van der Waals surface area (Å²) in [5.74, 6) is -0.453. The van der Waals surface area contributed by atoms with Crippen LogP contribution in [-0.2, 0) is 16.6 Å². The van der Waals surface area contributed by atoms with Gasteiger partial charge in [-0.25, -0.2) is 17.5 Å². The molecule has 1 aromatic carbocycles. The van der Waals surface area contributed by atoms with E-state index in [1.807, 2.05) is 0 Å². The highest BCUT2D eigenvalue weighted by molar-refractivity contribution is 7.89. The van der Waals surface area contributed by atoms with Crippen molar-refractivity contribution in [3.63, 3.8) is 0 Å². The maximum Gasteiger partial charge on any atom is 0.241 e. The molecule has 2 aromatic rings. The topological polar surface area (TPSA) is 72.2 Å². The van der Waals surface area contributed by atoms with Gasteiger partial charge in [-0.15, -0.1) is 0 Å². The van der Waals surface area contributed by atoms with Crippen molar-refractivity contribution in [1.29, 1.82) is 0 Å². The zero-order chi connectivity index (χ0) is 14.0. The normalized spacial score (nSPS) is 11.7. The van der Waals surface area contributed by atoms with Crippen LogP contribution in [0.1, 0.15) is 16.8 Å². The van der Waals surface area contributed by atoms with Gasteiger partial charge in [-0.05, 0) is 37.1 Å². The number of halogens is 1. The van der Waals surface area contributed by atoms with Gasteiger partial charge >= 0.3 is 0 Å². The van der Waals surface area contributed by atoms with Crippen LogP contribution in [0, 0.1) is 19.7 Å². The van der Waals surface area contributed by atoms with Crippen molar-refractivity contribution in [2.24, 2.45) is 0 Å². The van der Waals surface area contributed by atoms with Gasteiger partial charge < -0.3 is 4.52 Å². The molecule has 0 atom stereocenters. The van der Waals surface area contributed by atoms with Crippen LogP contribution in [0.4, 0.5) is 4.39 Å². The molecule has 0 fully saturated rings. The molecule has 0 radical (unpaired) electrons. The lowest BCUT2D eigenvalue weighted by Gasteiger charge is -2.11. The number of hydrogen-bond acceptors (Lipinski definition) is 4. The van der Waals surface area contributed by atoms with Crippen LogP contribution in [0.25, 0.3) is 0 Å². The van der Waals surface area contributed by atoms with Gasteiger partial charge in [-0.2, -0.15) is 0 Å². The Kier molecular flexibility index (Phi) is 3.68. The molecule has 5 nitrogen and oxygen atoms in total. The zero-order valence-corrected chi connectivity index (χ0v) is 11.3. The van der Waals surface area contributed by atoms with E-state index in [0.717, 1.165) is 0 Å². The highest BCUT2D eigenvalue weighted by Gasteiger charge is 2.20. The summed E-state index contributed by atoms with van der Waals surface area (Å²) in [7, 11) is -3.71. The van der Waals surface area contributed by atoms with Crippen LogP contribution in [0.15, 0.2) is 33.9 Å². The van der Waals surface area contributed by atoms with Crippen molar-refractivity contribution in [1.82, 2.24) is 9.88 Å². The molecule has 1 heterocycles. The summed E-state index contributed by atoms with van der Waals surface area (Å²) in [5, 5.41) is 3.61. The predicted molar refractivity (Wildman–Crippen MR) is 66.4 cm³/mol. The van der Waals surface area contributed by atoms with Gasteiger partial charge in [0.15, 0.2) is 0 Å². The van der Waals surface area contributed by atoms with Crippen molar-refractivity contribution >= 4 is 10.0 Å². The van der Waals surface area contributed by atoms with E-state index in [9.17, 15) is 12.8 Å². The molecule has 0 aliphatic rings. The highest BCUT2D eigenvalue weighted by atomic mass is 32.2. The molecule has 0 bridgehead atoms. The van der Waals surface area contributed by atoms with E-state index in [1.54, 1.807) is 19.9 Å². The lowest BCUT2D eigenvalue weighted by atomic mass is 10.1. The second-order valence-electron chi connectivity index (χ2n) is 4.18. The molecule has 0 saturated heterocycles. The second-order valence-corrected chi connectivity index (χ2v) is 5.89. The van der Waals surface area contributed by atoms with Gasteiger partial charge in [-0.3, -0.25) is 0 Å². The number of nitrogens with zero attached hydrogens (tertiary/aromatic N) is 1. The fourth-order valence-corrected chi connectivity index (χ4v) is 3.34. The first-order valence-electron chi connectivity index (χ1n) is 5.56. The van der Waals surface area contributed by atoms with E-state index >= 15 is 0 Å². The smallest absolute Gasteiger partial charge is 0.241 e. The number of hydrogen-bond donors (Lipinski definition) is 1. The quantitative estimate of drug-likeness (QED) is 0.931. The van der Waals surface area contributed by atoms with Crippen LogP contribution in [0.2, 0.25) is 0 Å². The van der Waals surface area contributed by atoms with E-state index in [0.29, 0.717) is 16.8 Å². The molecular weight excluding hydrogens is 271 g/mol. The minimum atomic E-state index is -3.71. The van der Waals surface area contributed by atoms with Crippen molar-refractivity contribution in [3.8, 4) is 0 Å². The molecule has 0 amide bonds. The molecule has 0 saturated carbocycles. The van der Waals surface area contributed by atoms with E-state index < -0.39 is 15.8 Å². The summed E-state index contributed by atoms with van der Waals surface area (Å²) in [5.41, 5.74) is 1.20. The fraction of sp³-hybridized carbons (Fsp3) is 0.250. The Morgan fingerprint density at radius 2 is 1.95 bits per heavy atom. The highest BCUT2D eigenvalue weighted by Crippen LogP contribution is 2.21. The molecule has 0 spiro atoms. The lowest BCUT2D eigenvalue weighted by molar-refractivity contribution is 0.411. The molecule has 7 heteroatoms. The number of aromatic nitrogens is 1. The first kappa shape index (κ1) is 13.7. The average Bonchev–Trinajstić information content (AvgIpc) is 2.77. The minimum absolute atomic E-state index is 0.0229. The van der Waals surface area contributed by atoms with Gasteiger partial charge in [0.1, 0.15) is 12.1 Å². The van der Waals surface area contributed by atoms with E-state index in [-0.39, 0.29) is 11.4 Å². The van der Waals surface area contributed by atoms with Gasteiger partial charge in [0.05, 0.1) is 17.1 Å². The van der Waals surface area contributed by atoms with Gasteiger partial charge in [0.25, 0.3) is 0 Å². The fourth-order valence-electron chi connectivity index (χ4n) is 1.89. The first-order chi connectivity index (χ1) is 8.90. The Bertz CT molecular complexity index is 658. The SMILES string of the molecule is Cc1cc(F)cc(C)c1S(=O)(=O)NCc1ccon1. The summed E-state index contributed by atoms with van der Waals surface area (Å²) in [4.78, 5) is 0.0948. The number of rotatable bonds is 4. The summed E-state index contributed by atoms with van der Waals surface area (Å²) >= 11 is 0. The number of nitrogens with one attached hydrogen (secondary N) is 1. The standard InChI is InChI=1S/C12H13FN2O3S/c1-8-5-10(13)6-9(2)12(8)19(16,17)14-7-11-3-4-18-15-11/h3-6,14H,7H2,1-2H3. The third kappa shape index (κ3) is 2.99. The number of sulfonamides is 1. The van der Waals surface area contributed by atoms with Gasteiger partial charge in [-0.1, -0.05) is 5.16 Å². The van der Waals surface area contributed by atoms with Crippen molar-refractivity contribution < 1.29 is 17.3 Å². The zero-order valence-electron chi connectivity index (χ0n) is 10.5. The molecule has 19 heavy (non-hydrogen) atoms. The molecule has 1 N–H and O–H groups in total. The molecule has 0 aliphatic carbocycles. The Balaban J connectivity index is 2.29. The second kappa shape index (κ2) is 5.10. The summed E-state index contributed by atoms with van der Waals surface area (Å²) < 4.78 is 44.6. The summed E-state index contributed by atoms with van der Waals surface area (Å²) in [6.45, 7) is 3.14. The summed E-state index contributed by atoms with van der Waals surface area (Å²) in [6, 6.07) is 3.95. The molecule has 2 rings (SSSR count). The molecular formula is C12H13FN2O3S. The maximum atomic E-state index is 13.2. The van der Waals surface area contributed by atoms with Crippen LogP contribution in [0.3, 0.4) is 0 Å². The monoisotopic (exact) mass is 284 g/mol. The maximum absolute atomic E-state index is 13.2. The third-order valence-corrected chi connectivity index (χ3v) is 4.33. The van der Waals surface area contributed by atoms with Crippen LogP contribution in [-0.4, -0.2) is 13.6 Å². The Morgan fingerprint density at radius 3 is 2.47 bits per heavy atom. The van der Waals surface area contributed by atoms with Crippen LogP contribution < -0.4 is 4.72 Å². The van der Waals surface area contributed by atoms with Crippen molar-refractivity contribution in [2.75, 3.05) is 0 Å². The van der Waals surface area contributed by atoms with E-state index in [2.05, 4.69) is 14.4 Å². The molecule has 0 unspecified atom stereocenters. The van der Waals surface area contributed by atoms with E-state index in [1.165, 1.54) is 18.4 Å². The predicted octanol–water partition coefficient (Wildman–Crippen LogP) is 1.91. The molecule has 102 valence electrons. The van der Waals surface area contributed by atoms with E-state index in [4.69, 9.17) is 0 Å². The van der Waals surface area contributed by atoms with Crippen molar-refractivity contribution in [2.45, 2.75) is 25.3 Å². The molecule has 0 aliphatic heterocycles. The average molecular weight is 284 g/mol. The van der Waals surface area contributed by atoms with Crippen LogP contribution in [0.5, 0.6) is 0 Å². The largest absolute Gasteiger partial charge is 0.364 e. The number of benzene rings is 1. The molecule has 1 aromatic heterocycles. The Hall–Kier alpha value is -1.73. The Morgan fingerprint density at radius 1 is 1.32 bits per heavy atom. The van der Waals surface area contributed by atoms with Gasteiger partial charge in [0, 0.05) is 6.07 Å². The first-order valence-corrected chi connectivity index (χ1v) is 7.04. The number of aryl methyl sites for hydroxylation is 2. The van der Waals surface area contributed by atoms with Gasteiger partial charge in [0.2, 0.25) is 10.0 Å². The summed E-state index contributed by atoms with van der Waals surface area (Å²) in [6.07, 6.45) is 1.36. The lowest BCUT2D eigenvalue weighted by Crippen LogP contribution is -2.25. The Labute approximate surface area is 110 Å².